The Hall–Kier alpha value is -0.610. The average Bonchev–Trinajstić information content (AvgIpc) is 2.21. The standard InChI is InChI=1S/C13H26N2O2/c1-5-6-7-15-9-11(8-12(16)17)14(4)13(2,3)10-15/h11H,5-10H2,1-4H3,(H,16,17). The lowest BCUT2D eigenvalue weighted by atomic mass is 9.94. The molecule has 0 aromatic carbocycles. The topological polar surface area (TPSA) is 43.8 Å². The predicted molar refractivity (Wildman–Crippen MR) is 69.2 cm³/mol. The van der Waals surface area contributed by atoms with Crippen LogP contribution in [0.15, 0.2) is 0 Å². The average molecular weight is 242 g/mol. The van der Waals surface area contributed by atoms with Crippen molar-refractivity contribution in [2.24, 2.45) is 0 Å². The third-order valence-corrected chi connectivity index (χ3v) is 3.82. The molecule has 1 fully saturated rings. The Morgan fingerprint density at radius 2 is 2.12 bits per heavy atom. The Morgan fingerprint density at radius 3 is 2.65 bits per heavy atom. The monoisotopic (exact) mass is 242 g/mol. The Bertz CT molecular complexity index is 266. The van der Waals surface area contributed by atoms with Gasteiger partial charge >= 0.3 is 5.97 Å². The Morgan fingerprint density at radius 1 is 1.47 bits per heavy atom. The van der Waals surface area contributed by atoms with E-state index in [1.165, 1.54) is 12.8 Å². The highest BCUT2D eigenvalue weighted by atomic mass is 16.4. The molecule has 0 radical (unpaired) electrons. The maximum atomic E-state index is 10.9. The fourth-order valence-electron chi connectivity index (χ4n) is 2.59. The van der Waals surface area contributed by atoms with Gasteiger partial charge in [-0.1, -0.05) is 13.3 Å². The summed E-state index contributed by atoms with van der Waals surface area (Å²) in [5.74, 6) is -0.699. The van der Waals surface area contributed by atoms with E-state index in [-0.39, 0.29) is 18.0 Å². The molecular weight excluding hydrogens is 216 g/mol. The quantitative estimate of drug-likeness (QED) is 0.796. The van der Waals surface area contributed by atoms with Crippen LogP contribution in [0.4, 0.5) is 0 Å². The highest BCUT2D eigenvalue weighted by molar-refractivity contribution is 5.67. The van der Waals surface area contributed by atoms with Crippen molar-refractivity contribution in [1.82, 2.24) is 9.80 Å². The first kappa shape index (κ1) is 14.5. The second kappa shape index (κ2) is 5.83. The Balaban J connectivity index is 2.65. The molecule has 1 aliphatic rings. The van der Waals surface area contributed by atoms with E-state index < -0.39 is 5.97 Å². The number of aliphatic carboxylic acids is 1. The molecule has 17 heavy (non-hydrogen) atoms. The number of nitrogens with zero attached hydrogens (tertiary/aromatic N) is 2. The molecule has 1 unspecified atom stereocenters. The highest BCUT2D eigenvalue weighted by Gasteiger charge is 2.37. The number of hydrogen-bond acceptors (Lipinski definition) is 3. The fourth-order valence-corrected chi connectivity index (χ4v) is 2.59. The summed E-state index contributed by atoms with van der Waals surface area (Å²) in [7, 11) is 2.05. The van der Waals surface area contributed by atoms with Crippen LogP contribution in [0.1, 0.15) is 40.0 Å². The molecule has 0 bridgehead atoms. The first-order valence-electron chi connectivity index (χ1n) is 6.54. The number of rotatable bonds is 5. The molecule has 4 heteroatoms. The maximum Gasteiger partial charge on any atom is 0.304 e. The third kappa shape index (κ3) is 3.96. The van der Waals surface area contributed by atoms with Gasteiger partial charge in [0.15, 0.2) is 0 Å². The molecule has 0 aliphatic carbocycles. The summed E-state index contributed by atoms with van der Waals surface area (Å²) in [4.78, 5) is 15.5. The molecule has 1 aliphatic heterocycles. The van der Waals surface area contributed by atoms with Crippen LogP contribution >= 0.6 is 0 Å². The summed E-state index contributed by atoms with van der Waals surface area (Å²) < 4.78 is 0. The molecule has 1 rings (SSSR count). The van der Waals surface area contributed by atoms with Gasteiger partial charge in [-0.2, -0.15) is 0 Å². The SMILES string of the molecule is CCCCN1CC(CC(=O)O)N(C)C(C)(C)C1. The number of piperazine rings is 1. The lowest BCUT2D eigenvalue weighted by molar-refractivity contribution is -0.140. The first-order chi connectivity index (χ1) is 7.86. The van der Waals surface area contributed by atoms with Gasteiger partial charge in [0, 0.05) is 24.7 Å². The molecule has 0 amide bonds. The summed E-state index contributed by atoms with van der Waals surface area (Å²) in [5.41, 5.74) is 0.0616. The van der Waals surface area contributed by atoms with Gasteiger partial charge in [0.2, 0.25) is 0 Å². The van der Waals surface area contributed by atoms with Crippen molar-refractivity contribution in [3.8, 4) is 0 Å². The molecule has 1 heterocycles. The van der Waals surface area contributed by atoms with Gasteiger partial charge in [0.05, 0.1) is 6.42 Å². The molecule has 0 aromatic heterocycles. The van der Waals surface area contributed by atoms with Gasteiger partial charge in [-0.05, 0) is 33.9 Å². The van der Waals surface area contributed by atoms with E-state index in [4.69, 9.17) is 5.11 Å². The van der Waals surface area contributed by atoms with Gasteiger partial charge in [0.1, 0.15) is 0 Å². The summed E-state index contributed by atoms with van der Waals surface area (Å²) in [6.07, 6.45) is 2.62. The van der Waals surface area contributed by atoms with Crippen LogP contribution in [0.25, 0.3) is 0 Å². The maximum absolute atomic E-state index is 10.9. The smallest absolute Gasteiger partial charge is 0.304 e. The van der Waals surface area contributed by atoms with Crippen LogP contribution in [0, 0.1) is 0 Å². The number of carboxylic acid groups (broad SMARTS) is 1. The zero-order chi connectivity index (χ0) is 13.1. The second-order valence-corrected chi connectivity index (χ2v) is 5.76. The number of carboxylic acids is 1. The molecule has 0 saturated carbocycles. The van der Waals surface area contributed by atoms with E-state index in [1.807, 2.05) is 7.05 Å². The van der Waals surface area contributed by atoms with Crippen molar-refractivity contribution in [3.05, 3.63) is 0 Å². The van der Waals surface area contributed by atoms with Crippen LogP contribution in [0.3, 0.4) is 0 Å². The molecule has 100 valence electrons. The normalized spacial score (nSPS) is 26.0. The van der Waals surface area contributed by atoms with Crippen molar-refractivity contribution in [2.75, 3.05) is 26.7 Å². The number of carbonyl (C=O) groups is 1. The van der Waals surface area contributed by atoms with E-state index in [0.29, 0.717) is 0 Å². The van der Waals surface area contributed by atoms with E-state index in [2.05, 4.69) is 30.6 Å². The zero-order valence-electron chi connectivity index (χ0n) is 11.6. The Kier molecular flexibility index (Phi) is 4.95. The minimum Gasteiger partial charge on any atom is -0.481 e. The van der Waals surface area contributed by atoms with Crippen molar-refractivity contribution >= 4 is 5.97 Å². The van der Waals surface area contributed by atoms with Gasteiger partial charge in [0.25, 0.3) is 0 Å². The van der Waals surface area contributed by atoms with Crippen molar-refractivity contribution in [1.29, 1.82) is 0 Å². The molecule has 1 saturated heterocycles. The Labute approximate surface area is 105 Å². The summed E-state index contributed by atoms with van der Waals surface area (Å²) in [6.45, 7) is 9.57. The van der Waals surface area contributed by atoms with E-state index in [9.17, 15) is 4.79 Å². The third-order valence-electron chi connectivity index (χ3n) is 3.82. The van der Waals surface area contributed by atoms with Crippen LogP contribution in [0.2, 0.25) is 0 Å². The van der Waals surface area contributed by atoms with Crippen LogP contribution in [0.5, 0.6) is 0 Å². The van der Waals surface area contributed by atoms with E-state index in [0.717, 1.165) is 19.6 Å². The van der Waals surface area contributed by atoms with Gasteiger partial charge in [-0.25, -0.2) is 0 Å². The molecule has 0 spiro atoms. The molecule has 0 aromatic rings. The summed E-state index contributed by atoms with van der Waals surface area (Å²) >= 11 is 0. The predicted octanol–water partition coefficient (Wildman–Crippen LogP) is 1.66. The summed E-state index contributed by atoms with van der Waals surface area (Å²) in [5, 5.41) is 8.97. The fraction of sp³-hybridized carbons (Fsp3) is 0.923. The van der Waals surface area contributed by atoms with Crippen molar-refractivity contribution in [2.45, 2.75) is 51.6 Å². The van der Waals surface area contributed by atoms with Crippen molar-refractivity contribution < 1.29 is 9.90 Å². The summed E-state index contributed by atoms with van der Waals surface area (Å²) in [6, 6.07) is 0.133. The van der Waals surface area contributed by atoms with Gasteiger partial charge in [-0.15, -0.1) is 0 Å². The lowest BCUT2D eigenvalue weighted by Crippen LogP contribution is -2.62. The van der Waals surface area contributed by atoms with Crippen LogP contribution in [-0.4, -0.2) is 59.1 Å². The first-order valence-corrected chi connectivity index (χ1v) is 6.54. The number of hydrogen-bond donors (Lipinski definition) is 1. The molecule has 4 nitrogen and oxygen atoms in total. The second-order valence-electron chi connectivity index (χ2n) is 5.76. The molecule has 1 N–H and O–H groups in total. The van der Waals surface area contributed by atoms with E-state index in [1.54, 1.807) is 0 Å². The largest absolute Gasteiger partial charge is 0.481 e. The zero-order valence-corrected chi connectivity index (χ0v) is 11.6. The van der Waals surface area contributed by atoms with Crippen LogP contribution < -0.4 is 0 Å². The van der Waals surface area contributed by atoms with Gasteiger partial charge in [-0.3, -0.25) is 14.6 Å². The lowest BCUT2D eigenvalue weighted by Gasteiger charge is -2.50. The highest BCUT2D eigenvalue weighted by Crippen LogP contribution is 2.25. The minimum atomic E-state index is -0.699. The van der Waals surface area contributed by atoms with Crippen molar-refractivity contribution in [3.63, 3.8) is 0 Å². The molecule has 1 atom stereocenters. The minimum absolute atomic E-state index is 0.0616. The number of likely N-dealkylation sites (N-methyl/N-ethyl adjacent to an activating group) is 1. The number of unbranched alkanes of at least 4 members (excludes halogenated alkanes) is 1. The van der Waals surface area contributed by atoms with E-state index >= 15 is 0 Å². The van der Waals surface area contributed by atoms with Gasteiger partial charge < -0.3 is 5.11 Å². The van der Waals surface area contributed by atoms with Crippen LogP contribution in [-0.2, 0) is 4.79 Å². The molecular formula is C13H26N2O2.